The fraction of sp³-hybridized carbons (Fsp3) is 0.500. The van der Waals surface area contributed by atoms with Gasteiger partial charge >= 0.3 is 5.97 Å². The summed E-state index contributed by atoms with van der Waals surface area (Å²) in [6.45, 7) is 7.81. The van der Waals surface area contributed by atoms with Gasteiger partial charge in [-0.3, -0.25) is 9.78 Å². The van der Waals surface area contributed by atoms with Crippen molar-refractivity contribution >= 4 is 22.8 Å². The number of esters is 1. The molecule has 27 heavy (non-hydrogen) atoms. The summed E-state index contributed by atoms with van der Waals surface area (Å²) in [4.78, 5) is 32.0. The zero-order valence-electron chi connectivity index (χ0n) is 16.6. The molecule has 1 aliphatic heterocycles. The number of benzene rings is 1. The van der Waals surface area contributed by atoms with Crippen LogP contribution in [0.2, 0.25) is 0 Å². The minimum atomic E-state index is -0.452. The van der Waals surface area contributed by atoms with E-state index in [-0.39, 0.29) is 24.6 Å². The Kier molecular flexibility index (Phi) is 5.78. The Labute approximate surface area is 160 Å². The van der Waals surface area contributed by atoms with Crippen molar-refractivity contribution in [2.24, 2.45) is 0 Å². The quantitative estimate of drug-likeness (QED) is 0.764. The van der Waals surface area contributed by atoms with E-state index in [0.29, 0.717) is 5.56 Å². The standard InChI is InChI=1S/C22H28N2O3/c1-5-18-16(4)21(17-11-6-7-12-19(17)23-18)22(26)27-13-20(25)24-14(2)9-8-10-15(24)3/h6-7,11-12,14-15H,5,8-10,13H2,1-4H3/t14-,15-/m1/s1. The van der Waals surface area contributed by atoms with Crippen molar-refractivity contribution < 1.29 is 14.3 Å². The SMILES string of the molecule is CCc1nc2ccccc2c(C(=O)OCC(=O)N2[C@H](C)CCC[C@H]2C)c1C. The summed E-state index contributed by atoms with van der Waals surface area (Å²) in [5.74, 6) is -0.568. The highest BCUT2D eigenvalue weighted by molar-refractivity contribution is 6.05. The first-order valence-electron chi connectivity index (χ1n) is 9.80. The number of fused-ring (bicyclic) bond motifs is 1. The number of aryl methyl sites for hydroxylation is 1. The Balaban J connectivity index is 1.82. The average molecular weight is 368 g/mol. The van der Waals surface area contributed by atoms with Crippen molar-refractivity contribution in [3.8, 4) is 0 Å². The van der Waals surface area contributed by atoms with Crippen molar-refractivity contribution in [2.45, 2.75) is 65.5 Å². The number of ether oxygens (including phenoxy) is 1. The maximum absolute atomic E-state index is 12.9. The number of para-hydroxylation sites is 1. The largest absolute Gasteiger partial charge is 0.452 e. The lowest BCUT2D eigenvalue weighted by atomic mass is 9.97. The van der Waals surface area contributed by atoms with E-state index in [0.717, 1.165) is 47.8 Å². The third kappa shape index (κ3) is 3.82. The predicted octanol–water partition coefficient (Wildman–Crippen LogP) is 4.05. The van der Waals surface area contributed by atoms with Gasteiger partial charge in [0.1, 0.15) is 0 Å². The summed E-state index contributed by atoms with van der Waals surface area (Å²) in [5, 5.41) is 0.768. The van der Waals surface area contributed by atoms with Crippen LogP contribution in [0.25, 0.3) is 10.9 Å². The number of hydrogen-bond acceptors (Lipinski definition) is 4. The second-order valence-electron chi connectivity index (χ2n) is 7.44. The molecule has 0 N–H and O–H groups in total. The molecule has 1 amide bonds. The number of rotatable bonds is 4. The van der Waals surface area contributed by atoms with E-state index in [4.69, 9.17) is 4.74 Å². The predicted molar refractivity (Wildman–Crippen MR) is 106 cm³/mol. The molecule has 1 saturated heterocycles. The first kappa shape index (κ1) is 19.3. The van der Waals surface area contributed by atoms with Crippen molar-refractivity contribution in [2.75, 3.05) is 6.61 Å². The van der Waals surface area contributed by atoms with E-state index < -0.39 is 5.97 Å². The van der Waals surface area contributed by atoms with Gasteiger partial charge in [0, 0.05) is 23.2 Å². The maximum Gasteiger partial charge on any atom is 0.339 e. The van der Waals surface area contributed by atoms with Gasteiger partial charge in [-0.2, -0.15) is 0 Å². The highest BCUT2D eigenvalue weighted by Gasteiger charge is 2.30. The third-order valence-electron chi connectivity index (χ3n) is 5.58. The Hall–Kier alpha value is -2.43. The molecule has 2 atom stereocenters. The van der Waals surface area contributed by atoms with E-state index in [2.05, 4.69) is 18.8 Å². The molecule has 0 aliphatic carbocycles. The number of likely N-dealkylation sites (tertiary alicyclic amines) is 1. The summed E-state index contributed by atoms with van der Waals surface area (Å²) in [5.41, 5.74) is 3.00. The van der Waals surface area contributed by atoms with E-state index in [1.807, 2.05) is 43.0 Å². The Bertz CT molecular complexity index is 852. The lowest BCUT2D eigenvalue weighted by Gasteiger charge is -2.38. The zero-order chi connectivity index (χ0) is 19.6. The lowest BCUT2D eigenvalue weighted by Crippen LogP contribution is -2.49. The molecule has 5 nitrogen and oxygen atoms in total. The molecule has 1 aromatic heterocycles. The third-order valence-corrected chi connectivity index (χ3v) is 5.58. The number of nitrogens with zero attached hydrogens (tertiary/aromatic N) is 2. The molecule has 1 aromatic carbocycles. The number of aromatic nitrogens is 1. The van der Waals surface area contributed by atoms with Crippen LogP contribution in [0, 0.1) is 6.92 Å². The van der Waals surface area contributed by atoms with E-state index in [1.165, 1.54) is 0 Å². The van der Waals surface area contributed by atoms with Gasteiger partial charge in [0.2, 0.25) is 0 Å². The number of carbonyl (C=O) groups is 2. The fourth-order valence-corrected chi connectivity index (χ4v) is 4.15. The van der Waals surface area contributed by atoms with Gasteiger partial charge in [-0.05, 0) is 58.1 Å². The molecule has 0 bridgehead atoms. The Morgan fingerprint density at radius 1 is 1.19 bits per heavy atom. The topological polar surface area (TPSA) is 59.5 Å². The van der Waals surface area contributed by atoms with E-state index in [9.17, 15) is 9.59 Å². The normalized spacial score (nSPS) is 19.9. The molecule has 144 valence electrons. The molecule has 5 heteroatoms. The number of hydrogen-bond donors (Lipinski definition) is 0. The summed E-state index contributed by atoms with van der Waals surface area (Å²) in [7, 11) is 0. The minimum Gasteiger partial charge on any atom is -0.452 e. The molecule has 0 unspecified atom stereocenters. The van der Waals surface area contributed by atoms with Crippen LogP contribution in [-0.2, 0) is 16.0 Å². The number of pyridine rings is 1. The van der Waals surface area contributed by atoms with Gasteiger partial charge in [0.25, 0.3) is 5.91 Å². The average Bonchev–Trinajstić information content (AvgIpc) is 2.65. The second-order valence-corrected chi connectivity index (χ2v) is 7.44. The molecule has 1 aliphatic rings. The second kappa shape index (κ2) is 8.07. The van der Waals surface area contributed by atoms with Crippen LogP contribution in [0.1, 0.15) is 61.6 Å². The van der Waals surface area contributed by atoms with Crippen molar-refractivity contribution in [3.63, 3.8) is 0 Å². The summed E-state index contributed by atoms with van der Waals surface area (Å²) < 4.78 is 5.47. The first-order chi connectivity index (χ1) is 12.9. The highest BCUT2D eigenvalue weighted by Crippen LogP contribution is 2.25. The van der Waals surface area contributed by atoms with Gasteiger partial charge in [0.15, 0.2) is 6.61 Å². The van der Waals surface area contributed by atoms with Crippen LogP contribution in [0.4, 0.5) is 0 Å². The molecule has 3 rings (SSSR count). The lowest BCUT2D eigenvalue weighted by molar-refractivity contribution is -0.140. The molecule has 0 spiro atoms. The van der Waals surface area contributed by atoms with Gasteiger partial charge in [0.05, 0.1) is 11.1 Å². The molecule has 0 radical (unpaired) electrons. The van der Waals surface area contributed by atoms with Gasteiger partial charge in [-0.15, -0.1) is 0 Å². The summed E-state index contributed by atoms with van der Waals surface area (Å²) in [6, 6.07) is 7.94. The molecule has 0 saturated carbocycles. The zero-order valence-corrected chi connectivity index (χ0v) is 16.6. The van der Waals surface area contributed by atoms with Gasteiger partial charge in [-0.25, -0.2) is 4.79 Å². The molecule has 2 heterocycles. The Morgan fingerprint density at radius 3 is 2.52 bits per heavy atom. The first-order valence-corrected chi connectivity index (χ1v) is 9.80. The highest BCUT2D eigenvalue weighted by atomic mass is 16.5. The fourth-order valence-electron chi connectivity index (χ4n) is 4.15. The number of piperidine rings is 1. The van der Waals surface area contributed by atoms with Crippen molar-refractivity contribution in [1.82, 2.24) is 9.88 Å². The smallest absolute Gasteiger partial charge is 0.339 e. The van der Waals surface area contributed by atoms with Crippen molar-refractivity contribution in [1.29, 1.82) is 0 Å². The van der Waals surface area contributed by atoms with Crippen LogP contribution >= 0.6 is 0 Å². The number of amides is 1. The van der Waals surface area contributed by atoms with Crippen molar-refractivity contribution in [3.05, 3.63) is 41.1 Å². The van der Waals surface area contributed by atoms with E-state index in [1.54, 1.807) is 0 Å². The molecule has 2 aromatic rings. The molecular formula is C22H28N2O3. The minimum absolute atomic E-state index is 0.116. The monoisotopic (exact) mass is 368 g/mol. The van der Waals surface area contributed by atoms with Crippen LogP contribution < -0.4 is 0 Å². The summed E-state index contributed by atoms with van der Waals surface area (Å²) >= 11 is 0. The van der Waals surface area contributed by atoms with Gasteiger partial charge < -0.3 is 9.64 Å². The van der Waals surface area contributed by atoms with Crippen LogP contribution in [0.5, 0.6) is 0 Å². The van der Waals surface area contributed by atoms with Gasteiger partial charge in [-0.1, -0.05) is 25.1 Å². The maximum atomic E-state index is 12.9. The van der Waals surface area contributed by atoms with Crippen LogP contribution in [-0.4, -0.2) is 40.5 Å². The molecular weight excluding hydrogens is 340 g/mol. The molecule has 1 fully saturated rings. The van der Waals surface area contributed by atoms with Crippen LogP contribution in [0.15, 0.2) is 24.3 Å². The van der Waals surface area contributed by atoms with E-state index >= 15 is 0 Å². The summed E-state index contributed by atoms with van der Waals surface area (Å²) in [6.07, 6.45) is 3.86. The number of carbonyl (C=O) groups excluding carboxylic acids is 2. The Morgan fingerprint density at radius 2 is 1.85 bits per heavy atom. The van der Waals surface area contributed by atoms with Crippen LogP contribution in [0.3, 0.4) is 0 Å².